The maximum Gasteiger partial charge on any atom is 0.310 e. The fourth-order valence-electron chi connectivity index (χ4n) is 1.96. The molecule has 0 saturated carbocycles. The molecule has 0 fully saturated rings. The number of benzene rings is 1. The number of carbonyl (C=O) groups excluding carboxylic acids is 1. The first-order valence-corrected chi connectivity index (χ1v) is 6.52. The Balaban J connectivity index is 2.09. The minimum absolute atomic E-state index is 0.221. The second kappa shape index (κ2) is 6.60. The van der Waals surface area contributed by atoms with E-state index in [1.807, 2.05) is 6.92 Å². The third kappa shape index (κ3) is 3.62. The lowest BCUT2D eigenvalue weighted by atomic mass is 9.96. The van der Waals surface area contributed by atoms with Crippen molar-refractivity contribution >= 4 is 17.6 Å². The van der Waals surface area contributed by atoms with Crippen LogP contribution in [0.15, 0.2) is 42.9 Å². The number of nitrogens with one attached hydrogen (secondary N) is 1. The Bertz CT molecular complexity index is 626. The Kier molecular flexibility index (Phi) is 4.61. The van der Waals surface area contributed by atoms with Crippen molar-refractivity contribution in [3.8, 4) is 0 Å². The van der Waals surface area contributed by atoms with Gasteiger partial charge in [-0.25, -0.2) is 4.98 Å². The van der Waals surface area contributed by atoms with Gasteiger partial charge in [0.2, 0.25) is 0 Å². The molecule has 1 heterocycles. The zero-order valence-electron chi connectivity index (χ0n) is 11.5. The van der Waals surface area contributed by atoms with Gasteiger partial charge >= 0.3 is 5.97 Å². The molecule has 1 aromatic carbocycles. The number of rotatable bonds is 5. The van der Waals surface area contributed by atoms with E-state index < -0.39 is 11.9 Å². The molecule has 0 bridgehead atoms. The van der Waals surface area contributed by atoms with E-state index in [4.69, 9.17) is 5.11 Å². The zero-order chi connectivity index (χ0) is 15.2. The van der Waals surface area contributed by atoms with Crippen LogP contribution in [0, 0.1) is 0 Å². The van der Waals surface area contributed by atoms with Crippen molar-refractivity contribution in [1.29, 1.82) is 0 Å². The summed E-state index contributed by atoms with van der Waals surface area (Å²) in [5.74, 6) is -1.75. The SMILES string of the molecule is CCC(C(=O)O)c1ccc(NC(=O)c2cnccn2)cc1. The minimum Gasteiger partial charge on any atom is -0.481 e. The highest BCUT2D eigenvalue weighted by atomic mass is 16.4. The van der Waals surface area contributed by atoms with Gasteiger partial charge in [0.25, 0.3) is 5.91 Å². The van der Waals surface area contributed by atoms with Crippen LogP contribution in [0.5, 0.6) is 0 Å². The third-order valence-electron chi connectivity index (χ3n) is 3.07. The van der Waals surface area contributed by atoms with Crippen molar-refractivity contribution in [2.75, 3.05) is 5.32 Å². The van der Waals surface area contributed by atoms with E-state index in [2.05, 4.69) is 15.3 Å². The highest BCUT2D eigenvalue weighted by Crippen LogP contribution is 2.21. The number of hydrogen-bond donors (Lipinski definition) is 2. The fourth-order valence-corrected chi connectivity index (χ4v) is 1.96. The lowest BCUT2D eigenvalue weighted by Gasteiger charge is -2.11. The molecule has 1 aromatic heterocycles. The van der Waals surface area contributed by atoms with Crippen LogP contribution < -0.4 is 5.32 Å². The van der Waals surface area contributed by atoms with Crippen LogP contribution in [-0.4, -0.2) is 27.0 Å². The summed E-state index contributed by atoms with van der Waals surface area (Å²) < 4.78 is 0. The van der Waals surface area contributed by atoms with Crippen molar-refractivity contribution in [1.82, 2.24) is 9.97 Å². The Morgan fingerprint density at radius 1 is 1.24 bits per heavy atom. The van der Waals surface area contributed by atoms with Gasteiger partial charge in [0.15, 0.2) is 0 Å². The Labute approximate surface area is 121 Å². The van der Waals surface area contributed by atoms with E-state index in [0.29, 0.717) is 17.7 Å². The van der Waals surface area contributed by atoms with Gasteiger partial charge in [0.05, 0.1) is 12.1 Å². The van der Waals surface area contributed by atoms with E-state index in [1.54, 1.807) is 24.3 Å². The van der Waals surface area contributed by atoms with Gasteiger partial charge in [0.1, 0.15) is 5.69 Å². The summed E-state index contributed by atoms with van der Waals surface area (Å²) in [5, 5.41) is 11.8. The van der Waals surface area contributed by atoms with Crippen LogP contribution in [0.2, 0.25) is 0 Å². The van der Waals surface area contributed by atoms with Gasteiger partial charge < -0.3 is 10.4 Å². The molecule has 2 N–H and O–H groups in total. The number of nitrogens with zero attached hydrogens (tertiary/aromatic N) is 2. The summed E-state index contributed by atoms with van der Waals surface area (Å²) in [5.41, 5.74) is 1.51. The monoisotopic (exact) mass is 285 g/mol. The second-order valence-electron chi connectivity index (χ2n) is 4.47. The van der Waals surface area contributed by atoms with Crippen molar-refractivity contribution in [3.63, 3.8) is 0 Å². The summed E-state index contributed by atoms with van der Waals surface area (Å²) in [6, 6.07) is 6.76. The van der Waals surface area contributed by atoms with Crippen LogP contribution in [0.1, 0.15) is 35.3 Å². The molecule has 0 aliphatic heterocycles. The number of aromatic nitrogens is 2. The first-order valence-electron chi connectivity index (χ1n) is 6.52. The van der Waals surface area contributed by atoms with Gasteiger partial charge in [-0.1, -0.05) is 19.1 Å². The van der Waals surface area contributed by atoms with Gasteiger partial charge in [-0.3, -0.25) is 14.6 Å². The highest BCUT2D eigenvalue weighted by molar-refractivity contribution is 6.02. The molecule has 6 nitrogen and oxygen atoms in total. The number of carbonyl (C=O) groups is 2. The summed E-state index contributed by atoms with van der Waals surface area (Å²) >= 11 is 0. The van der Waals surface area contributed by atoms with Crippen molar-refractivity contribution in [3.05, 3.63) is 54.1 Å². The molecule has 2 rings (SSSR count). The van der Waals surface area contributed by atoms with Crippen LogP contribution >= 0.6 is 0 Å². The molecular formula is C15H15N3O3. The first-order chi connectivity index (χ1) is 10.1. The van der Waals surface area contributed by atoms with E-state index in [-0.39, 0.29) is 11.6 Å². The molecule has 1 amide bonds. The van der Waals surface area contributed by atoms with Crippen molar-refractivity contribution in [2.24, 2.45) is 0 Å². The zero-order valence-corrected chi connectivity index (χ0v) is 11.5. The number of carboxylic acids is 1. The molecule has 2 aromatic rings. The number of amides is 1. The standard InChI is InChI=1S/C15H15N3O3/c1-2-12(15(20)21)10-3-5-11(6-4-10)18-14(19)13-9-16-7-8-17-13/h3-9,12H,2H2,1H3,(H,18,19)(H,20,21). The number of anilines is 1. The number of hydrogen-bond acceptors (Lipinski definition) is 4. The van der Waals surface area contributed by atoms with Gasteiger partial charge in [0, 0.05) is 18.1 Å². The van der Waals surface area contributed by atoms with Crippen LogP contribution in [0.3, 0.4) is 0 Å². The van der Waals surface area contributed by atoms with Gasteiger partial charge in [-0.2, -0.15) is 0 Å². The lowest BCUT2D eigenvalue weighted by molar-refractivity contribution is -0.138. The van der Waals surface area contributed by atoms with E-state index in [9.17, 15) is 9.59 Å². The third-order valence-corrected chi connectivity index (χ3v) is 3.07. The van der Waals surface area contributed by atoms with Crippen molar-refractivity contribution in [2.45, 2.75) is 19.3 Å². The second-order valence-corrected chi connectivity index (χ2v) is 4.47. The predicted octanol–water partition coefficient (Wildman–Crippen LogP) is 2.31. The van der Waals surface area contributed by atoms with E-state index >= 15 is 0 Å². The maximum atomic E-state index is 11.9. The summed E-state index contributed by atoms with van der Waals surface area (Å²) in [6.07, 6.45) is 4.82. The van der Waals surface area contributed by atoms with Crippen LogP contribution in [0.4, 0.5) is 5.69 Å². The van der Waals surface area contributed by atoms with E-state index in [0.717, 1.165) is 0 Å². The van der Waals surface area contributed by atoms with Crippen molar-refractivity contribution < 1.29 is 14.7 Å². The molecule has 1 unspecified atom stereocenters. The average molecular weight is 285 g/mol. The van der Waals surface area contributed by atoms with Crippen LogP contribution in [0.25, 0.3) is 0 Å². The predicted molar refractivity (Wildman–Crippen MR) is 77.1 cm³/mol. The molecule has 0 radical (unpaired) electrons. The highest BCUT2D eigenvalue weighted by Gasteiger charge is 2.17. The molecule has 1 atom stereocenters. The molecule has 0 spiro atoms. The van der Waals surface area contributed by atoms with Gasteiger partial charge in [-0.15, -0.1) is 0 Å². The van der Waals surface area contributed by atoms with Crippen LogP contribution in [-0.2, 0) is 4.79 Å². The fraction of sp³-hybridized carbons (Fsp3) is 0.200. The minimum atomic E-state index is -0.853. The molecule has 6 heteroatoms. The normalized spacial score (nSPS) is 11.7. The number of carboxylic acid groups (broad SMARTS) is 1. The summed E-state index contributed by atoms with van der Waals surface area (Å²) in [4.78, 5) is 30.7. The largest absolute Gasteiger partial charge is 0.481 e. The molecule has 0 saturated heterocycles. The Morgan fingerprint density at radius 2 is 1.95 bits per heavy atom. The van der Waals surface area contributed by atoms with E-state index in [1.165, 1.54) is 18.6 Å². The molecule has 0 aliphatic carbocycles. The summed E-state index contributed by atoms with van der Waals surface area (Å²) in [6.45, 7) is 1.82. The Morgan fingerprint density at radius 3 is 2.48 bits per heavy atom. The first kappa shape index (κ1) is 14.6. The topological polar surface area (TPSA) is 92.2 Å². The quantitative estimate of drug-likeness (QED) is 0.879. The molecule has 108 valence electrons. The number of aliphatic carboxylic acids is 1. The molecule has 21 heavy (non-hydrogen) atoms. The van der Waals surface area contributed by atoms with Gasteiger partial charge in [-0.05, 0) is 24.1 Å². The smallest absolute Gasteiger partial charge is 0.310 e. The summed E-state index contributed by atoms with van der Waals surface area (Å²) in [7, 11) is 0. The average Bonchev–Trinajstić information content (AvgIpc) is 2.50. The lowest BCUT2D eigenvalue weighted by Crippen LogP contribution is -2.14. The molecule has 0 aliphatic rings. The maximum absolute atomic E-state index is 11.9. The molecular weight excluding hydrogens is 270 g/mol. The Hall–Kier alpha value is -2.76.